The summed E-state index contributed by atoms with van der Waals surface area (Å²) in [5.74, 6) is -0.719. The Morgan fingerprint density at radius 3 is 2.74 bits per heavy atom. The van der Waals surface area contributed by atoms with Crippen molar-refractivity contribution in [1.82, 2.24) is 15.5 Å². The van der Waals surface area contributed by atoms with Crippen molar-refractivity contribution in [2.45, 2.75) is 50.7 Å². The maximum absolute atomic E-state index is 13.4. The minimum Gasteiger partial charge on any atom is -0.465 e. The minimum atomic E-state index is -0.539. The molecule has 2 N–H and O–H groups in total. The highest BCUT2D eigenvalue weighted by molar-refractivity contribution is 6.07. The van der Waals surface area contributed by atoms with Gasteiger partial charge in [0.1, 0.15) is 0 Å². The molecule has 2 aromatic rings. The van der Waals surface area contributed by atoms with Crippen molar-refractivity contribution in [3.05, 3.63) is 70.3 Å². The minimum absolute atomic E-state index is 0.00803. The summed E-state index contributed by atoms with van der Waals surface area (Å²) in [6, 6.07) is 13.0. The second-order valence-electron chi connectivity index (χ2n) is 9.50. The smallest absolute Gasteiger partial charge is 0.339 e. The van der Waals surface area contributed by atoms with Gasteiger partial charge in [0.25, 0.3) is 5.91 Å². The fourth-order valence-electron chi connectivity index (χ4n) is 5.88. The number of nitrogens with one attached hydrogen (secondary N) is 2. The Morgan fingerprint density at radius 2 is 1.97 bits per heavy atom. The van der Waals surface area contributed by atoms with Crippen LogP contribution in [0.3, 0.4) is 0 Å². The quantitative estimate of drug-likeness (QED) is 0.683. The van der Waals surface area contributed by atoms with Crippen LogP contribution in [-0.4, -0.2) is 48.9 Å². The fourth-order valence-corrected chi connectivity index (χ4v) is 5.88. The van der Waals surface area contributed by atoms with Gasteiger partial charge < -0.3 is 20.3 Å². The number of fused-ring (bicyclic) bond motifs is 4. The molecule has 0 radical (unpaired) electrons. The molecule has 0 spiro atoms. The van der Waals surface area contributed by atoms with Crippen molar-refractivity contribution in [3.63, 3.8) is 0 Å². The second-order valence-corrected chi connectivity index (χ2v) is 9.50. The summed E-state index contributed by atoms with van der Waals surface area (Å²) in [6.07, 6.45) is 3.29. The number of hydrogen-bond donors (Lipinski definition) is 2. The average molecular weight is 462 g/mol. The van der Waals surface area contributed by atoms with Crippen LogP contribution in [0.4, 0.5) is 0 Å². The number of carbonyl (C=O) groups is 3. The number of benzene rings is 2. The predicted molar refractivity (Wildman–Crippen MR) is 127 cm³/mol. The molecule has 7 heteroatoms. The monoisotopic (exact) mass is 461 g/mol. The first kappa shape index (κ1) is 22.6. The molecule has 3 aliphatic heterocycles. The molecule has 7 nitrogen and oxygen atoms in total. The fraction of sp³-hybridized carbons (Fsp3) is 0.444. The van der Waals surface area contributed by atoms with E-state index in [0.29, 0.717) is 18.5 Å². The summed E-state index contributed by atoms with van der Waals surface area (Å²) in [6.45, 7) is 3.45. The van der Waals surface area contributed by atoms with Gasteiger partial charge in [-0.05, 0) is 61.9 Å². The Labute approximate surface area is 199 Å². The molecule has 0 aromatic heterocycles. The molecule has 2 aromatic carbocycles. The molecule has 0 aliphatic carbocycles. The Morgan fingerprint density at radius 1 is 1.18 bits per heavy atom. The summed E-state index contributed by atoms with van der Waals surface area (Å²) >= 11 is 0. The van der Waals surface area contributed by atoms with E-state index in [1.807, 2.05) is 48.2 Å². The molecule has 3 aliphatic rings. The van der Waals surface area contributed by atoms with Crippen LogP contribution in [-0.2, 0) is 16.0 Å². The number of esters is 1. The van der Waals surface area contributed by atoms with Crippen molar-refractivity contribution >= 4 is 17.8 Å². The van der Waals surface area contributed by atoms with Crippen LogP contribution in [0.5, 0.6) is 0 Å². The number of methoxy groups -OCH3 is 1. The number of rotatable bonds is 4. The molecule has 5 rings (SSSR count). The van der Waals surface area contributed by atoms with Crippen LogP contribution in [0.25, 0.3) is 0 Å². The number of hydrogen-bond acceptors (Lipinski definition) is 5. The number of nitrogens with zero attached hydrogens (tertiary/aromatic N) is 1. The largest absolute Gasteiger partial charge is 0.465 e. The van der Waals surface area contributed by atoms with Crippen LogP contribution in [0, 0.1) is 5.92 Å². The van der Waals surface area contributed by atoms with Gasteiger partial charge >= 0.3 is 5.97 Å². The van der Waals surface area contributed by atoms with E-state index in [9.17, 15) is 14.4 Å². The van der Waals surface area contributed by atoms with Gasteiger partial charge in [0, 0.05) is 12.6 Å². The molecule has 178 valence electrons. The van der Waals surface area contributed by atoms with Crippen LogP contribution >= 0.6 is 0 Å². The molecule has 3 heterocycles. The SMILES string of the molecule is COC(=O)c1c(C(=O)N[C@H](C)c2ccccc2)ccc2c1[C@H]1C[C@@H]3NCCC[C@@H]3C(=O)N1CC2. The van der Waals surface area contributed by atoms with Crippen molar-refractivity contribution in [2.24, 2.45) is 5.92 Å². The van der Waals surface area contributed by atoms with E-state index >= 15 is 0 Å². The summed E-state index contributed by atoms with van der Waals surface area (Å²) in [4.78, 5) is 41.8. The van der Waals surface area contributed by atoms with E-state index < -0.39 is 5.97 Å². The highest BCUT2D eigenvalue weighted by atomic mass is 16.5. The van der Waals surface area contributed by atoms with Gasteiger partial charge in [0.2, 0.25) is 5.91 Å². The summed E-state index contributed by atoms with van der Waals surface area (Å²) < 4.78 is 5.16. The third-order valence-electron chi connectivity index (χ3n) is 7.61. The molecular formula is C27H31N3O4. The standard InChI is InChI=1S/C27H31N3O4/c1-16(17-7-4-3-5-8-17)29-25(31)20-11-10-18-12-14-30-22(23(18)24(20)27(33)34-2)15-21-19(26(30)32)9-6-13-28-21/h3-5,7-8,10-11,16,19,21-22,28H,6,9,12-15H2,1-2H3,(H,29,31)/t16-,19+,21+,22-/m1/s1. The van der Waals surface area contributed by atoms with E-state index in [1.54, 1.807) is 6.07 Å². The lowest BCUT2D eigenvalue weighted by Crippen LogP contribution is -2.58. The number of carbonyl (C=O) groups excluding carboxylic acids is 3. The van der Waals surface area contributed by atoms with Gasteiger partial charge in [-0.15, -0.1) is 0 Å². The number of piperidine rings is 2. The molecular weight excluding hydrogens is 430 g/mol. The van der Waals surface area contributed by atoms with Crippen molar-refractivity contribution in [1.29, 1.82) is 0 Å². The van der Waals surface area contributed by atoms with Crippen molar-refractivity contribution in [2.75, 3.05) is 20.2 Å². The third kappa shape index (κ3) is 3.88. The van der Waals surface area contributed by atoms with Gasteiger partial charge in [-0.25, -0.2) is 4.79 Å². The summed E-state index contributed by atoms with van der Waals surface area (Å²) in [7, 11) is 1.33. The van der Waals surface area contributed by atoms with Crippen LogP contribution in [0.15, 0.2) is 42.5 Å². The summed E-state index contributed by atoms with van der Waals surface area (Å²) in [5.41, 5.74) is 3.34. The zero-order valence-corrected chi connectivity index (χ0v) is 19.7. The van der Waals surface area contributed by atoms with E-state index in [-0.39, 0.29) is 41.4 Å². The molecule has 0 bridgehead atoms. The first-order valence-electron chi connectivity index (χ1n) is 12.1. The molecule has 0 unspecified atom stereocenters. The van der Waals surface area contributed by atoms with E-state index in [2.05, 4.69) is 10.6 Å². The first-order valence-corrected chi connectivity index (χ1v) is 12.1. The molecule has 0 saturated carbocycles. The Balaban J connectivity index is 1.53. The van der Waals surface area contributed by atoms with Gasteiger partial charge in [0.15, 0.2) is 0 Å². The van der Waals surface area contributed by atoms with E-state index in [1.165, 1.54) is 7.11 Å². The maximum atomic E-state index is 13.4. The van der Waals surface area contributed by atoms with Crippen molar-refractivity contribution in [3.8, 4) is 0 Å². The zero-order valence-electron chi connectivity index (χ0n) is 19.7. The van der Waals surface area contributed by atoms with Gasteiger partial charge in [-0.2, -0.15) is 0 Å². The van der Waals surface area contributed by atoms with Gasteiger partial charge in [0.05, 0.1) is 36.2 Å². The van der Waals surface area contributed by atoms with Crippen LogP contribution < -0.4 is 10.6 Å². The predicted octanol–water partition coefficient (Wildman–Crippen LogP) is 3.16. The van der Waals surface area contributed by atoms with E-state index in [4.69, 9.17) is 4.74 Å². The van der Waals surface area contributed by atoms with Gasteiger partial charge in [-0.1, -0.05) is 36.4 Å². The first-order chi connectivity index (χ1) is 16.5. The zero-order chi connectivity index (χ0) is 23.8. The Bertz CT molecular complexity index is 1120. The lowest BCUT2D eigenvalue weighted by molar-refractivity contribution is -0.145. The lowest BCUT2D eigenvalue weighted by atomic mass is 9.75. The summed E-state index contributed by atoms with van der Waals surface area (Å²) in [5, 5.41) is 6.54. The number of ether oxygens (including phenoxy) is 1. The molecule has 34 heavy (non-hydrogen) atoms. The molecule has 2 amide bonds. The normalized spacial score (nSPS) is 24.4. The Kier molecular flexibility index (Phi) is 6.13. The van der Waals surface area contributed by atoms with Crippen LogP contribution in [0.2, 0.25) is 0 Å². The van der Waals surface area contributed by atoms with E-state index in [0.717, 1.165) is 42.5 Å². The maximum Gasteiger partial charge on any atom is 0.339 e. The molecule has 2 saturated heterocycles. The second kappa shape index (κ2) is 9.22. The third-order valence-corrected chi connectivity index (χ3v) is 7.61. The Hall–Kier alpha value is -3.19. The average Bonchev–Trinajstić information content (AvgIpc) is 2.88. The van der Waals surface area contributed by atoms with Crippen LogP contribution in [0.1, 0.15) is 75.7 Å². The molecule has 2 fully saturated rings. The van der Waals surface area contributed by atoms with Gasteiger partial charge in [-0.3, -0.25) is 9.59 Å². The highest BCUT2D eigenvalue weighted by Gasteiger charge is 2.46. The topological polar surface area (TPSA) is 87.7 Å². The molecule has 4 atom stereocenters. The lowest BCUT2D eigenvalue weighted by Gasteiger charge is -2.48. The number of amides is 2. The highest BCUT2D eigenvalue weighted by Crippen LogP contribution is 2.43. The van der Waals surface area contributed by atoms with Crippen molar-refractivity contribution < 1.29 is 19.1 Å².